The lowest BCUT2D eigenvalue weighted by Crippen LogP contribution is -2.40. The summed E-state index contributed by atoms with van der Waals surface area (Å²) in [4.78, 5) is 30.1. The molecular formula is C19H18F3N5O3. The molecule has 1 fully saturated rings. The van der Waals surface area contributed by atoms with Crippen molar-refractivity contribution in [3.8, 4) is 0 Å². The Morgan fingerprint density at radius 3 is 2.77 bits per heavy atom. The van der Waals surface area contributed by atoms with E-state index in [9.17, 15) is 22.8 Å². The first kappa shape index (κ1) is 20.0. The molecule has 0 bridgehead atoms. The first-order chi connectivity index (χ1) is 14.1. The molecule has 30 heavy (non-hydrogen) atoms. The number of aryl methyl sites for hydroxylation is 2. The van der Waals surface area contributed by atoms with Gasteiger partial charge < -0.3 is 9.42 Å². The van der Waals surface area contributed by atoms with E-state index in [1.807, 2.05) is 0 Å². The quantitative estimate of drug-likeness (QED) is 0.632. The highest BCUT2D eigenvalue weighted by molar-refractivity contribution is 5.92. The molecule has 1 amide bonds. The van der Waals surface area contributed by atoms with Crippen LogP contribution in [0.3, 0.4) is 0 Å². The number of carbonyl (C=O) groups is 1. The Balaban J connectivity index is 1.66. The number of rotatable bonds is 2. The standard InChI is InChI=1S/C19H18F3N5O3/c1-10-16-12(19(20,21)22)8-14(23-17(16)30-25-10)11-4-3-7-27(9-11)18(29)13-5-6-15(28)26(2)24-13/h5-6,8,11H,3-4,7,9H2,1-2H3/t11-/m1/s1. The summed E-state index contributed by atoms with van der Waals surface area (Å²) in [6, 6.07) is 3.62. The largest absolute Gasteiger partial charge is 0.417 e. The fraction of sp³-hybridized carbons (Fsp3) is 0.421. The minimum atomic E-state index is -4.59. The molecule has 3 aromatic heterocycles. The van der Waals surface area contributed by atoms with E-state index >= 15 is 0 Å². The average molecular weight is 421 g/mol. The minimum Gasteiger partial charge on any atom is -0.337 e. The highest BCUT2D eigenvalue weighted by atomic mass is 19.4. The van der Waals surface area contributed by atoms with E-state index in [0.717, 1.165) is 10.7 Å². The summed E-state index contributed by atoms with van der Waals surface area (Å²) < 4.78 is 46.9. The van der Waals surface area contributed by atoms with Gasteiger partial charge in [0.1, 0.15) is 5.69 Å². The summed E-state index contributed by atoms with van der Waals surface area (Å²) in [7, 11) is 1.44. The SMILES string of the molecule is Cc1noc2nc([C@@H]3CCCN(C(=O)c4ccc(=O)n(C)n4)C3)cc(C(F)(F)F)c12. The highest BCUT2D eigenvalue weighted by Gasteiger charge is 2.37. The molecule has 1 aliphatic heterocycles. The van der Waals surface area contributed by atoms with E-state index in [1.54, 1.807) is 0 Å². The van der Waals surface area contributed by atoms with Crippen molar-refractivity contribution in [1.29, 1.82) is 0 Å². The Hall–Kier alpha value is -3.24. The molecule has 0 aliphatic carbocycles. The molecular weight excluding hydrogens is 403 g/mol. The maximum atomic E-state index is 13.6. The Kier molecular flexibility index (Phi) is 4.83. The molecule has 3 aromatic rings. The van der Waals surface area contributed by atoms with Crippen LogP contribution in [0.15, 0.2) is 27.5 Å². The highest BCUT2D eigenvalue weighted by Crippen LogP contribution is 2.38. The molecule has 0 aromatic carbocycles. The van der Waals surface area contributed by atoms with Crippen LogP contribution in [0.2, 0.25) is 0 Å². The zero-order valence-electron chi connectivity index (χ0n) is 16.2. The van der Waals surface area contributed by atoms with Crippen LogP contribution in [0.25, 0.3) is 11.1 Å². The van der Waals surface area contributed by atoms with Gasteiger partial charge in [0.05, 0.1) is 22.3 Å². The predicted octanol–water partition coefficient (Wildman–Crippen LogP) is 2.66. The second-order valence-electron chi connectivity index (χ2n) is 7.31. The van der Waals surface area contributed by atoms with Gasteiger partial charge in [-0.05, 0) is 31.9 Å². The lowest BCUT2D eigenvalue weighted by atomic mass is 9.92. The van der Waals surface area contributed by atoms with Crippen molar-refractivity contribution < 1.29 is 22.5 Å². The first-order valence-electron chi connectivity index (χ1n) is 9.33. The molecule has 0 unspecified atom stereocenters. The van der Waals surface area contributed by atoms with Gasteiger partial charge in [0.2, 0.25) is 0 Å². The van der Waals surface area contributed by atoms with E-state index in [-0.39, 0.29) is 46.2 Å². The third-order valence-corrected chi connectivity index (χ3v) is 5.25. The van der Waals surface area contributed by atoms with Crippen molar-refractivity contribution in [3.05, 3.63) is 51.2 Å². The number of nitrogens with zero attached hydrogens (tertiary/aromatic N) is 5. The summed E-state index contributed by atoms with van der Waals surface area (Å²) in [5, 5.41) is 7.43. The molecule has 0 N–H and O–H groups in total. The number of pyridine rings is 1. The van der Waals surface area contributed by atoms with Gasteiger partial charge in [-0.25, -0.2) is 9.67 Å². The van der Waals surface area contributed by atoms with Crippen LogP contribution in [0.5, 0.6) is 0 Å². The monoisotopic (exact) mass is 421 g/mol. The second kappa shape index (κ2) is 7.22. The number of likely N-dealkylation sites (tertiary alicyclic amines) is 1. The van der Waals surface area contributed by atoms with Gasteiger partial charge in [-0.1, -0.05) is 5.16 Å². The Morgan fingerprint density at radius 1 is 1.30 bits per heavy atom. The molecule has 1 atom stereocenters. The van der Waals surface area contributed by atoms with Gasteiger partial charge in [0.15, 0.2) is 0 Å². The fourth-order valence-corrected chi connectivity index (χ4v) is 3.73. The van der Waals surface area contributed by atoms with Crippen LogP contribution in [-0.2, 0) is 13.2 Å². The predicted molar refractivity (Wildman–Crippen MR) is 98.9 cm³/mol. The molecule has 1 saturated heterocycles. The molecule has 1 aliphatic rings. The Bertz CT molecular complexity index is 1180. The molecule has 158 valence electrons. The van der Waals surface area contributed by atoms with Crippen molar-refractivity contribution in [2.45, 2.75) is 31.9 Å². The van der Waals surface area contributed by atoms with Gasteiger partial charge in [-0.15, -0.1) is 0 Å². The normalized spacial score (nSPS) is 17.5. The summed E-state index contributed by atoms with van der Waals surface area (Å²) >= 11 is 0. The van der Waals surface area contributed by atoms with E-state index in [1.165, 1.54) is 31.0 Å². The molecule has 0 radical (unpaired) electrons. The number of piperidine rings is 1. The van der Waals surface area contributed by atoms with E-state index in [2.05, 4.69) is 15.2 Å². The second-order valence-corrected chi connectivity index (χ2v) is 7.31. The van der Waals surface area contributed by atoms with Gasteiger partial charge in [-0.2, -0.15) is 18.3 Å². The van der Waals surface area contributed by atoms with Crippen LogP contribution in [0.4, 0.5) is 13.2 Å². The van der Waals surface area contributed by atoms with Crippen molar-refractivity contribution in [1.82, 2.24) is 24.8 Å². The van der Waals surface area contributed by atoms with Crippen LogP contribution in [-0.4, -0.2) is 43.8 Å². The summed E-state index contributed by atoms with van der Waals surface area (Å²) in [6.07, 6.45) is -3.42. The van der Waals surface area contributed by atoms with E-state index < -0.39 is 17.7 Å². The lowest BCUT2D eigenvalue weighted by molar-refractivity contribution is -0.136. The van der Waals surface area contributed by atoms with E-state index in [4.69, 9.17) is 4.52 Å². The zero-order valence-corrected chi connectivity index (χ0v) is 16.2. The van der Waals surface area contributed by atoms with Gasteiger partial charge >= 0.3 is 6.18 Å². The number of hydrogen-bond acceptors (Lipinski definition) is 6. The summed E-state index contributed by atoms with van der Waals surface area (Å²) in [5.41, 5.74) is -0.926. The topological polar surface area (TPSA) is 94.1 Å². The van der Waals surface area contributed by atoms with Crippen molar-refractivity contribution >= 4 is 17.0 Å². The van der Waals surface area contributed by atoms with Crippen LogP contribution < -0.4 is 5.56 Å². The molecule has 8 nitrogen and oxygen atoms in total. The molecule has 4 rings (SSSR count). The molecule has 0 saturated carbocycles. The number of halogens is 3. The van der Waals surface area contributed by atoms with Crippen molar-refractivity contribution in [2.24, 2.45) is 7.05 Å². The number of alkyl halides is 3. The van der Waals surface area contributed by atoms with Crippen LogP contribution >= 0.6 is 0 Å². The Labute approximate surface area is 168 Å². The Morgan fingerprint density at radius 2 is 2.07 bits per heavy atom. The lowest BCUT2D eigenvalue weighted by Gasteiger charge is -2.32. The summed E-state index contributed by atoms with van der Waals surface area (Å²) in [6.45, 7) is 2.06. The first-order valence-corrected chi connectivity index (χ1v) is 9.33. The zero-order chi connectivity index (χ0) is 21.6. The van der Waals surface area contributed by atoms with Gasteiger partial charge in [0.25, 0.3) is 17.2 Å². The van der Waals surface area contributed by atoms with Gasteiger partial charge in [-0.3, -0.25) is 9.59 Å². The van der Waals surface area contributed by atoms with Crippen molar-refractivity contribution in [3.63, 3.8) is 0 Å². The number of amides is 1. The summed E-state index contributed by atoms with van der Waals surface area (Å²) in [5.74, 6) is -0.783. The third-order valence-electron chi connectivity index (χ3n) is 5.25. The number of hydrogen-bond donors (Lipinski definition) is 0. The van der Waals surface area contributed by atoms with Gasteiger partial charge in [0, 0.05) is 32.1 Å². The van der Waals surface area contributed by atoms with Crippen LogP contribution in [0.1, 0.15) is 46.2 Å². The van der Waals surface area contributed by atoms with Crippen LogP contribution in [0, 0.1) is 6.92 Å². The maximum absolute atomic E-state index is 13.6. The third kappa shape index (κ3) is 3.55. The smallest absolute Gasteiger partial charge is 0.337 e. The fourth-order valence-electron chi connectivity index (χ4n) is 3.73. The molecule has 11 heteroatoms. The number of fused-ring (bicyclic) bond motifs is 1. The molecule has 4 heterocycles. The average Bonchev–Trinajstić information content (AvgIpc) is 3.09. The van der Waals surface area contributed by atoms with Crippen molar-refractivity contribution in [2.75, 3.05) is 13.1 Å². The minimum absolute atomic E-state index is 0.100. The number of aromatic nitrogens is 4. The number of carbonyl (C=O) groups excluding carboxylic acids is 1. The molecule has 0 spiro atoms. The maximum Gasteiger partial charge on any atom is 0.417 e. The van der Waals surface area contributed by atoms with E-state index in [0.29, 0.717) is 19.4 Å².